The first-order valence-electron chi connectivity index (χ1n) is 18.1. The number of para-hydroxylation sites is 1. The standard InChI is InChI=1S/C49H30N4S/c1-3-13-31(14-4-1)41-30-42(32-15-5-2-6-16-32)52-49(51-41)35-27-34(37-20-11-21-39-38-18-8-10-23-45(38)54-48(37)39)28-36(29-35)53-43-22-9-7-19-40(43)46-44(53)25-24-33-17-12-26-50-47(33)46/h1-30H. The van der Waals surface area contributed by atoms with E-state index in [1.165, 1.54) is 31.1 Å². The largest absolute Gasteiger partial charge is 0.309 e. The lowest BCUT2D eigenvalue weighted by Crippen LogP contribution is -1.99. The Morgan fingerprint density at radius 3 is 1.94 bits per heavy atom. The molecule has 11 rings (SSSR count). The van der Waals surface area contributed by atoms with Crippen molar-refractivity contribution in [3.63, 3.8) is 0 Å². The predicted octanol–water partition coefficient (Wildman–Crippen LogP) is 13.2. The van der Waals surface area contributed by atoms with Crippen LogP contribution < -0.4 is 0 Å². The van der Waals surface area contributed by atoms with Crippen LogP contribution in [0.3, 0.4) is 0 Å². The summed E-state index contributed by atoms with van der Waals surface area (Å²) >= 11 is 1.85. The molecule has 0 unspecified atom stereocenters. The van der Waals surface area contributed by atoms with E-state index < -0.39 is 0 Å². The van der Waals surface area contributed by atoms with Gasteiger partial charge in [0.2, 0.25) is 0 Å². The van der Waals surface area contributed by atoms with Crippen LogP contribution in [0, 0.1) is 0 Å². The third kappa shape index (κ3) is 4.94. The molecule has 0 aliphatic carbocycles. The lowest BCUT2D eigenvalue weighted by atomic mass is 9.99. The molecule has 0 spiro atoms. The normalized spacial score (nSPS) is 11.7. The topological polar surface area (TPSA) is 43.6 Å². The molecule has 0 fully saturated rings. The number of nitrogens with zero attached hydrogens (tertiary/aromatic N) is 4. The average molecular weight is 707 g/mol. The molecule has 7 aromatic carbocycles. The Kier molecular flexibility index (Phi) is 7.00. The van der Waals surface area contributed by atoms with Crippen LogP contribution in [-0.4, -0.2) is 19.5 Å². The van der Waals surface area contributed by atoms with Gasteiger partial charge in [-0.25, -0.2) is 9.97 Å². The molecule has 5 heteroatoms. The van der Waals surface area contributed by atoms with Crippen molar-refractivity contribution in [2.45, 2.75) is 0 Å². The van der Waals surface area contributed by atoms with E-state index in [1.807, 2.05) is 35.7 Å². The molecule has 252 valence electrons. The van der Waals surface area contributed by atoms with Gasteiger partial charge in [0.1, 0.15) is 0 Å². The summed E-state index contributed by atoms with van der Waals surface area (Å²) in [6, 6.07) is 62.3. The molecule has 4 aromatic heterocycles. The third-order valence-electron chi connectivity index (χ3n) is 10.4. The molecule has 54 heavy (non-hydrogen) atoms. The van der Waals surface area contributed by atoms with E-state index >= 15 is 0 Å². The summed E-state index contributed by atoms with van der Waals surface area (Å²) < 4.78 is 4.93. The van der Waals surface area contributed by atoms with Crippen molar-refractivity contribution < 1.29 is 0 Å². The van der Waals surface area contributed by atoms with Crippen molar-refractivity contribution in [1.82, 2.24) is 19.5 Å². The number of hydrogen-bond donors (Lipinski definition) is 0. The average Bonchev–Trinajstić information content (AvgIpc) is 3.80. The Morgan fingerprint density at radius 1 is 0.463 bits per heavy atom. The fourth-order valence-corrected chi connectivity index (χ4v) is 9.20. The highest BCUT2D eigenvalue weighted by molar-refractivity contribution is 7.26. The summed E-state index contributed by atoms with van der Waals surface area (Å²) in [4.78, 5) is 15.5. The van der Waals surface area contributed by atoms with Gasteiger partial charge in [0.05, 0.1) is 27.9 Å². The van der Waals surface area contributed by atoms with Crippen molar-refractivity contribution in [1.29, 1.82) is 0 Å². The minimum absolute atomic E-state index is 0.676. The second-order valence-corrected chi connectivity index (χ2v) is 14.7. The smallest absolute Gasteiger partial charge is 0.160 e. The molecule has 0 radical (unpaired) electrons. The maximum atomic E-state index is 5.29. The lowest BCUT2D eigenvalue weighted by molar-refractivity contribution is 1.16. The number of hydrogen-bond acceptors (Lipinski definition) is 4. The Balaban J connectivity index is 1.23. The minimum Gasteiger partial charge on any atom is -0.309 e. The number of benzene rings is 7. The van der Waals surface area contributed by atoms with Gasteiger partial charge in [0.15, 0.2) is 5.82 Å². The zero-order valence-corrected chi connectivity index (χ0v) is 29.8. The van der Waals surface area contributed by atoms with Crippen LogP contribution in [0.5, 0.6) is 0 Å². The number of aromatic nitrogens is 4. The molecule has 4 nitrogen and oxygen atoms in total. The molecule has 0 aliphatic rings. The first-order valence-corrected chi connectivity index (χ1v) is 18.9. The molecule has 0 atom stereocenters. The lowest BCUT2D eigenvalue weighted by Gasteiger charge is -2.15. The first-order chi connectivity index (χ1) is 26.8. The molecule has 0 saturated carbocycles. The van der Waals surface area contributed by atoms with E-state index in [1.54, 1.807) is 0 Å². The van der Waals surface area contributed by atoms with E-state index in [9.17, 15) is 0 Å². The molecule has 0 aliphatic heterocycles. The fraction of sp³-hybridized carbons (Fsp3) is 0. The summed E-state index contributed by atoms with van der Waals surface area (Å²) in [7, 11) is 0. The monoisotopic (exact) mass is 706 g/mol. The molecule has 0 saturated heterocycles. The zero-order valence-electron chi connectivity index (χ0n) is 29.0. The summed E-state index contributed by atoms with van der Waals surface area (Å²) in [5.41, 5.74) is 11.4. The van der Waals surface area contributed by atoms with Crippen LogP contribution in [0.25, 0.3) is 104 Å². The highest BCUT2D eigenvalue weighted by Crippen LogP contribution is 2.43. The van der Waals surface area contributed by atoms with Crippen LogP contribution in [0.2, 0.25) is 0 Å². The summed E-state index contributed by atoms with van der Waals surface area (Å²) in [5.74, 6) is 0.676. The van der Waals surface area contributed by atoms with Gasteiger partial charge < -0.3 is 4.57 Å². The van der Waals surface area contributed by atoms with Crippen LogP contribution in [0.1, 0.15) is 0 Å². The summed E-state index contributed by atoms with van der Waals surface area (Å²) in [6.07, 6.45) is 1.89. The van der Waals surface area contributed by atoms with E-state index in [0.29, 0.717) is 5.82 Å². The van der Waals surface area contributed by atoms with Crippen LogP contribution in [-0.2, 0) is 0 Å². The Labute approximate surface area is 315 Å². The molecular formula is C49H30N4S. The SMILES string of the molecule is c1ccc(-c2cc(-c3ccccc3)nc(-c3cc(-c4cccc5c4sc4ccccc45)cc(-n4c5ccccc5c5c6ncccc6ccc54)c3)n2)cc1. The third-order valence-corrected chi connectivity index (χ3v) is 11.6. The zero-order chi connectivity index (χ0) is 35.6. The molecule has 0 bridgehead atoms. The van der Waals surface area contributed by atoms with Gasteiger partial charge >= 0.3 is 0 Å². The fourth-order valence-electron chi connectivity index (χ4n) is 7.96. The highest BCUT2D eigenvalue weighted by atomic mass is 32.1. The number of pyridine rings is 1. The van der Waals surface area contributed by atoms with Gasteiger partial charge in [0, 0.05) is 64.9 Å². The quantitative estimate of drug-likeness (QED) is 0.179. The van der Waals surface area contributed by atoms with Crippen molar-refractivity contribution in [3.05, 3.63) is 182 Å². The van der Waals surface area contributed by atoms with Crippen molar-refractivity contribution in [2.24, 2.45) is 0 Å². The molecule has 0 amide bonds. The second-order valence-electron chi connectivity index (χ2n) is 13.6. The number of fused-ring (bicyclic) bond motifs is 8. The van der Waals surface area contributed by atoms with E-state index in [-0.39, 0.29) is 0 Å². The summed E-state index contributed by atoms with van der Waals surface area (Å²) in [5, 5.41) is 5.99. The number of rotatable bonds is 5. The predicted molar refractivity (Wildman–Crippen MR) is 226 cm³/mol. The Morgan fingerprint density at radius 2 is 1.15 bits per heavy atom. The van der Waals surface area contributed by atoms with Crippen molar-refractivity contribution >= 4 is 64.2 Å². The number of thiophene rings is 1. The minimum atomic E-state index is 0.676. The molecule has 4 heterocycles. The van der Waals surface area contributed by atoms with Crippen molar-refractivity contribution in [2.75, 3.05) is 0 Å². The van der Waals surface area contributed by atoms with E-state index in [0.717, 1.165) is 66.7 Å². The Hall–Kier alpha value is -6.95. The van der Waals surface area contributed by atoms with Gasteiger partial charge in [-0.2, -0.15) is 0 Å². The van der Waals surface area contributed by atoms with Gasteiger partial charge in [-0.15, -0.1) is 11.3 Å². The van der Waals surface area contributed by atoms with Crippen LogP contribution in [0.15, 0.2) is 182 Å². The van der Waals surface area contributed by atoms with E-state index in [2.05, 4.69) is 162 Å². The Bertz CT molecular complexity index is 3160. The first kappa shape index (κ1) is 30.7. The van der Waals surface area contributed by atoms with Gasteiger partial charge in [-0.1, -0.05) is 127 Å². The van der Waals surface area contributed by atoms with Crippen LogP contribution >= 0.6 is 11.3 Å². The summed E-state index contributed by atoms with van der Waals surface area (Å²) in [6.45, 7) is 0. The van der Waals surface area contributed by atoms with E-state index in [4.69, 9.17) is 15.0 Å². The van der Waals surface area contributed by atoms with Crippen molar-refractivity contribution in [3.8, 4) is 50.7 Å². The highest BCUT2D eigenvalue weighted by Gasteiger charge is 2.20. The molecule has 0 N–H and O–H groups in total. The van der Waals surface area contributed by atoms with Gasteiger partial charge in [-0.3, -0.25) is 4.98 Å². The van der Waals surface area contributed by atoms with Gasteiger partial charge in [0.25, 0.3) is 0 Å². The van der Waals surface area contributed by atoms with Gasteiger partial charge in [-0.05, 0) is 59.7 Å². The molecule has 11 aromatic rings. The molecular weight excluding hydrogens is 677 g/mol. The van der Waals surface area contributed by atoms with Crippen LogP contribution in [0.4, 0.5) is 0 Å². The maximum absolute atomic E-state index is 5.29. The maximum Gasteiger partial charge on any atom is 0.160 e. The second kappa shape index (κ2) is 12.3.